The van der Waals surface area contributed by atoms with Crippen molar-refractivity contribution < 1.29 is 0 Å². The first-order valence-electron chi connectivity index (χ1n) is 10.8. The second kappa shape index (κ2) is 13.5. The first-order chi connectivity index (χ1) is 15.3. The lowest BCUT2D eigenvalue weighted by Crippen LogP contribution is -2.23. The fourth-order valence-electron chi connectivity index (χ4n) is 3.26. The predicted molar refractivity (Wildman–Crippen MR) is 153 cm³/mol. The molecule has 0 radical (unpaired) electrons. The third kappa shape index (κ3) is 8.61. The van der Waals surface area contributed by atoms with Crippen LogP contribution in [0.3, 0.4) is 0 Å². The second-order valence-electron chi connectivity index (χ2n) is 8.20. The summed E-state index contributed by atoms with van der Waals surface area (Å²) in [5, 5.41) is 6.23. The van der Waals surface area contributed by atoms with Crippen LogP contribution in [-0.4, -0.2) is 24.0 Å². The molecule has 0 aliphatic heterocycles. The molecule has 0 unspecified atom stereocenters. The molecular formula is C26H34Cl2N6. The molecule has 6 nitrogen and oxygen atoms in total. The van der Waals surface area contributed by atoms with Gasteiger partial charge >= 0.3 is 0 Å². The molecule has 3 aromatic rings. The maximum Gasteiger partial charge on any atom is 0.193 e. The minimum Gasteiger partial charge on any atom is -0.370 e. The molecule has 182 valence electrons. The van der Waals surface area contributed by atoms with Crippen LogP contribution in [0.5, 0.6) is 0 Å². The van der Waals surface area contributed by atoms with Crippen LogP contribution in [0, 0.1) is 0 Å². The van der Waals surface area contributed by atoms with Crippen molar-refractivity contribution >= 4 is 48.1 Å². The van der Waals surface area contributed by atoms with Gasteiger partial charge in [0.15, 0.2) is 11.9 Å². The summed E-state index contributed by atoms with van der Waals surface area (Å²) in [7, 11) is 0. The number of aliphatic imine (C=N–C) groups is 2. The predicted octanol–water partition coefficient (Wildman–Crippen LogP) is 6.13. The molecule has 0 atom stereocenters. The maximum atomic E-state index is 5.90. The standard InChI is InChI=1S/C26H32N6.2ClH/c1-17(2)29-25(27)31-23-13-9-21(10-14-23)19-5-7-20(8-6-19)22-11-15-24(16-12-22)32-26(28)30-18(3)4;;/h5-18H,1-4H3,(H3,27,29,31)(H3,28,30,32);2*1H. The molecule has 0 saturated heterocycles. The van der Waals surface area contributed by atoms with Crippen LogP contribution in [0.4, 0.5) is 11.4 Å². The SMILES string of the molecule is CC(C)N=C(N)Nc1ccc(-c2ccc(-c3ccc(NC(N)=NC(C)C)cc3)cc2)cc1.Cl.Cl. The minimum absolute atomic E-state index is 0. The molecule has 3 rings (SSSR count). The number of halogens is 2. The van der Waals surface area contributed by atoms with Crippen LogP contribution in [0.15, 0.2) is 82.8 Å². The number of anilines is 2. The van der Waals surface area contributed by atoms with Crippen LogP contribution in [-0.2, 0) is 0 Å². The highest BCUT2D eigenvalue weighted by molar-refractivity contribution is 5.93. The first-order valence-corrected chi connectivity index (χ1v) is 10.8. The van der Waals surface area contributed by atoms with Crippen LogP contribution in [0.2, 0.25) is 0 Å². The van der Waals surface area contributed by atoms with Crippen LogP contribution in [0.1, 0.15) is 27.7 Å². The summed E-state index contributed by atoms with van der Waals surface area (Å²) < 4.78 is 0. The minimum atomic E-state index is 0. The van der Waals surface area contributed by atoms with Crippen molar-refractivity contribution in [3.05, 3.63) is 72.8 Å². The van der Waals surface area contributed by atoms with Gasteiger partial charge in [-0.15, -0.1) is 24.8 Å². The monoisotopic (exact) mass is 500 g/mol. The van der Waals surface area contributed by atoms with E-state index in [0.29, 0.717) is 11.9 Å². The molecule has 0 fully saturated rings. The Bertz CT molecular complexity index is 985. The lowest BCUT2D eigenvalue weighted by molar-refractivity contribution is 0.833. The molecule has 0 bridgehead atoms. The van der Waals surface area contributed by atoms with Gasteiger partial charge in [-0.1, -0.05) is 48.5 Å². The molecule has 34 heavy (non-hydrogen) atoms. The van der Waals surface area contributed by atoms with Gasteiger partial charge in [0, 0.05) is 23.5 Å². The van der Waals surface area contributed by atoms with Crippen molar-refractivity contribution in [1.29, 1.82) is 0 Å². The quantitative estimate of drug-likeness (QED) is 0.241. The second-order valence-corrected chi connectivity index (χ2v) is 8.20. The smallest absolute Gasteiger partial charge is 0.193 e. The van der Waals surface area contributed by atoms with Gasteiger partial charge in [-0.2, -0.15) is 0 Å². The fourth-order valence-corrected chi connectivity index (χ4v) is 3.26. The van der Waals surface area contributed by atoms with Gasteiger partial charge in [0.2, 0.25) is 0 Å². The van der Waals surface area contributed by atoms with Crippen molar-refractivity contribution in [3.8, 4) is 22.3 Å². The molecule has 8 heteroatoms. The Morgan fingerprint density at radius 2 is 0.765 bits per heavy atom. The van der Waals surface area contributed by atoms with Crippen molar-refractivity contribution in [1.82, 2.24) is 0 Å². The number of nitrogens with zero attached hydrogens (tertiary/aromatic N) is 2. The van der Waals surface area contributed by atoms with Gasteiger partial charge < -0.3 is 22.1 Å². The lowest BCUT2D eigenvalue weighted by Gasteiger charge is -2.10. The van der Waals surface area contributed by atoms with E-state index in [0.717, 1.165) is 33.6 Å². The summed E-state index contributed by atoms with van der Waals surface area (Å²) in [5.74, 6) is 0.849. The zero-order valence-corrected chi connectivity index (χ0v) is 21.6. The molecule has 0 spiro atoms. The van der Waals surface area contributed by atoms with Crippen molar-refractivity contribution in [2.75, 3.05) is 10.6 Å². The third-order valence-electron chi connectivity index (χ3n) is 4.66. The molecule has 6 N–H and O–H groups in total. The third-order valence-corrected chi connectivity index (χ3v) is 4.66. The normalized spacial score (nSPS) is 11.6. The summed E-state index contributed by atoms with van der Waals surface area (Å²) in [6.07, 6.45) is 0. The molecule has 0 aromatic heterocycles. The fraction of sp³-hybridized carbons (Fsp3) is 0.231. The number of hydrogen-bond donors (Lipinski definition) is 4. The Hall–Kier alpha value is -3.22. The number of rotatable bonds is 6. The Morgan fingerprint density at radius 1 is 0.529 bits per heavy atom. The molecule has 0 heterocycles. The number of nitrogens with two attached hydrogens (primary N) is 2. The Morgan fingerprint density at radius 3 is 1.00 bits per heavy atom. The molecule has 0 amide bonds. The van der Waals surface area contributed by atoms with E-state index in [-0.39, 0.29) is 36.9 Å². The number of guanidine groups is 2. The zero-order chi connectivity index (χ0) is 23.1. The van der Waals surface area contributed by atoms with E-state index in [1.807, 2.05) is 52.0 Å². The topological polar surface area (TPSA) is 101 Å². The van der Waals surface area contributed by atoms with E-state index < -0.39 is 0 Å². The Labute approximate surface area is 214 Å². The average Bonchev–Trinajstić information content (AvgIpc) is 2.74. The zero-order valence-electron chi connectivity index (χ0n) is 19.9. The summed E-state index contributed by atoms with van der Waals surface area (Å²) in [6, 6.07) is 25.2. The van der Waals surface area contributed by atoms with E-state index in [1.165, 1.54) is 0 Å². The molecule has 0 aliphatic rings. The van der Waals surface area contributed by atoms with Gasteiger partial charge in [0.05, 0.1) is 0 Å². The van der Waals surface area contributed by atoms with Gasteiger partial charge in [-0.3, -0.25) is 9.98 Å². The van der Waals surface area contributed by atoms with E-state index in [1.54, 1.807) is 0 Å². The van der Waals surface area contributed by atoms with Gasteiger partial charge in [-0.25, -0.2) is 0 Å². The first kappa shape index (κ1) is 28.8. The van der Waals surface area contributed by atoms with E-state index in [9.17, 15) is 0 Å². The molecular weight excluding hydrogens is 467 g/mol. The van der Waals surface area contributed by atoms with Gasteiger partial charge in [-0.05, 0) is 74.2 Å². The van der Waals surface area contributed by atoms with Crippen LogP contribution in [0.25, 0.3) is 22.3 Å². The number of hydrogen-bond acceptors (Lipinski definition) is 2. The molecule has 0 saturated carbocycles. The largest absolute Gasteiger partial charge is 0.370 e. The summed E-state index contributed by atoms with van der Waals surface area (Å²) in [6.45, 7) is 7.97. The summed E-state index contributed by atoms with van der Waals surface area (Å²) in [4.78, 5) is 8.58. The maximum absolute atomic E-state index is 5.90. The highest BCUT2D eigenvalue weighted by Gasteiger charge is 2.03. The van der Waals surface area contributed by atoms with Gasteiger partial charge in [0.1, 0.15) is 0 Å². The van der Waals surface area contributed by atoms with Crippen molar-refractivity contribution in [2.45, 2.75) is 39.8 Å². The summed E-state index contributed by atoms with van der Waals surface area (Å²) >= 11 is 0. The Kier molecular flexibility index (Phi) is 11.4. The molecule has 0 aliphatic carbocycles. The van der Waals surface area contributed by atoms with E-state index in [4.69, 9.17) is 11.5 Å². The lowest BCUT2D eigenvalue weighted by atomic mass is 10.00. The molecule has 3 aromatic carbocycles. The number of benzene rings is 3. The van der Waals surface area contributed by atoms with E-state index in [2.05, 4.69) is 69.1 Å². The Balaban J connectivity index is 0.00000289. The van der Waals surface area contributed by atoms with Crippen molar-refractivity contribution in [3.63, 3.8) is 0 Å². The van der Waals surface area contributed by atoms with E-state index >= 15 is 0 Å². The van der Waals surface area contributed by atoms with Crippen LogP contribution < -0.4 is 22.1 Å². The van der Waals surface area contributed by atoms with Gasteiger partial charge in [0.25, 0.3) is 0 Å². The van der Waals surface area contributed by atoms with Crippen LogP contribution >= 0.6 is 24.8 Å². The highest BCUT2D eigenvalue weighted by atomic mass is 35.5. The number of nitrogens with one attached hydrogen (secondary N) is 2. The average molecular weight is 502 g/mol. The van der Waals surface area contributed by atoms with Crippen molar-refractivity contribution in [2.24, 2.45) is 21.5 Å². The highest BCUT2D eigenvalue weighted by Crippen LogP contribution is 2.26. The summed E-state index contributed by atoms with van der Waals surface area (Å²) in [5.41, 5.74) is 18.2.